The molecule has 0 saturated carbocycles. The summed E-state index contributed by atoms with van der Waals surface area (Å²) in [4.78, 5) is 0. The Hall–Kier alpha value is -0.170. The lowest BCUT2D eigenvalue weighted by molar-refractivity contribution is 0.173. The van der Waals surface area contributed by atoms with E-state index in [9.17, 15) is 8.42 Å². The van der Waals surface area contributed by atoms with Crippen LogP contribution in [0.25, 0.3) is 0 Å². The van der Waals surface area contributed by atoms with E-state index in [0.717, 1.165) is 13.0 Å². The Balaban J connectivity index is 4.30. The van der Waals surface area contributed by atoms with Crippen molar-refractivity contribution in [1.29, 1.82) is 0 Å². The van der Waals surface area contributed by atoms with E-state index in [1.807, 2.05) is 13.8 Å². The first-order chi connectivity index (χ1) is 7.47. The Morgan fingerprint density at radius 2 is 1.94 bits per heavy atom. The number of rotatable bonds is 9. The second-order valence-corrected chi connectivity index (χ2v) is 5.97. The molecule has 2 N–H and O–H groups in total. The Kier molecular flexibility index (Phi) is 7.91. The van der Waals surface area contributed by atoms with E-state index in [-0.39, 0.29) is 6.04 Å². The molecule has 0 fully saturated rings. The van der Waals surface area contributed by atoms with Crippen LogP contribution in [0.3, 0.4) is 0 Å². The monoisotopic (exact) mass is 252 g/mol. The van der Waals surface area contributed by atoms with Crippen molar-refractivity contribution in [2.75, 3.05) is 26.8 Å². The zero-order chi connectivity index (χ0) is 12.6. The predicted molar refractivity (Wildman–Crippen MR) is 66.0 cm³/mol. The third kappa shape index (κ3) is 5.79. The van der Waals surface area contributed by atoms with Gasteiger partial charge in [0.25, 0.3) is 0 Å². The van der Waals surface area contributed by atoms with E-state index >= 15 is 0 Å². The molecule has 5 nitrogen and oxygen atoms in total. The molecule has 0 aliphatic heterocycles. The molecule has 0 radical (unpaired) electrons. The molecule has 0 spiro atoms. The van der Waals surface area contributed by atoms with Crippen molar-refractivity contribution < 1.29 is 13.2 Å². The smallest absolute Gasteiger partial charge is 0.215 e. The van der Waals surface area contributed by atoms with E-state index in [0.29, 0.717) is 13.2 Å². The van der Waals surface area contributed by atoms with Crippen molar-refractivity contribution in [1.82, 2.24) is 10.0 Å². The van der Waals surface area contributed by atoms with Gasteiger partial charge in [0.2, 0.25) is 10.0 Å². The van der Waals surface area contributed by atoms with Gasteiger partial charge in [0.15, 0.2) is 0 Å². The molecule has 0 saturated heterocycles. The average molecular weight is 252 g/mol. The lowest BCUT2D eigenvalue weighted by atomic mass is 10.3. The molecule has 2 atom stereocenters. The van der Waals surface area contributed by atoms with E-state index in [1.54, 1.807) is 14.0 Å². The van der Waals surface area contributed by atoms with Crippen LogP contribution < -0.4 is 10.0 Å². The topological polar surface area (TPSA) is 67.4 Å². The summed E-state index contributed by atoms with van der Waals surface area (Å²) < 4.78 is 31.4. The summed E-state index contributed by atoms with van der Waals surface area (Å²) in [5.74, 6) is 0. The molecule has 2 unspecified atom stereocenters. The number of methoxy groups -OCH3 is 1. The standard InChI is InChI=1S/C10H24N2O3S/c1-5-10(8-15-4)12-16(13,14)9(3)7-11-6-2/h9-12H,5-8H2,1-4H3. The van der Waals surface area contributed by atoms with Crippen LogP contribution in [0.1, 0.15) is 27.2 Å². The third-order valence-electron chi connectivity index (χ3n) is 2.40. The molecule has 0 aliphatic carbocycles. The van der Waals surface area contributed by atoms with Gasteiger partial charge < -0.3 is 10.1 Å². The van der Waals surface area contributed by atoms with Gasteiger partial charge in [0, 0.05) is 19.7 Å². The number of sulfonamides is 1. The lowest BCUT2D eigenvalue weighted by Gasteiger charge is -2.20. The summed E-state index contributed by atoms with van der Waals surface area (Å²) in [6.45, 7) is 7.23. The van der Waals surface area contributed by atoms with Crippen molar-refractivity contribution in [2.45, 2.75) is 38.5 Å². The first kappa shape index (κ1) is 15.8. The van der Waals surface area contributed by atoms with Gasteiger partial charge in [0.05, 0.1) is 11.9 Å². The molecule has 0 aromatic rings. The second-order valence-electron chi connectivity index (χ2n) is 3.84. The maximum Gasteiger partial charge on any atom is 0.215 e. The van der Waals surface area contributed by atoms with Gasteiger partial charge in [-0.05, 0) is 19.9 Å². The maximum atomic E-state index is 11.9. The van der Waals surface area contributed by atoms with Crippen molar-refractivity contribution in [2.24, 2.45) is 0 Å². The minimum atomic E-state index is -3.26. The summed E-state index contributed by atoms with van der Waals surface area (Å²) in [5, 5.41) is 2.59. The molecular weight excluding hydrogens is 228 g/mol. The SMILES string of the molecule is CCNCC(C)S(=O)(=O)NC(CC)COC. The van der Waals surface area contributed by atoms with Crippen molar-refractivity contribution in [3.8, 4) is 0 Å². The number of hydrogen-bond acceptors (Lipinski definition) is 4. The van der Waals surface area contributed by atoms with Crippen molar-refractivity contribution in [3.05, 3.63) is 0 Å². The first-order valence-electron chi connectivity index (χ1n) is 5.68. The zero-order valence-corrected chi connectivity index (χ0v) is 11.4. The molecule has 0 amide bonds. The first-order valence-corrected chi connectivity index (χ1v) is 7.23. The number of nitrogens with one attached hydrogen (secondary N) is 2. The fourth-order valence-corrected chi connectivity index (χ4v) is 2.51. The predicted octanol–water partition coefficient (Wildman–Crippen LogP) is 0.329. The highest BCUT2D eigenvalue weighted by Crippen LogP contribution is 2.01. The Morgan fingerprint density at radius 3 is 2.38 bits per heavy atom. The molecule has 98 valence electrons. The van der Waals surface area contributed by atoms with Crippen LogP contribution in [-0.4, -0.2) is 46.5 Å². The summed E-state index contributed by atoms with van der Waals surface area (Å²) in [6.07, 6.45) is 0.723. The number of hydrogen-bond donors (Lipinski definition) is 2. The largest absolute Gasteiger partial charge is 0.383 e. The normalized spacial score (nSPS) is 16.0. The maximum absolute atomic E-state index is 11.9. The summed E-state index contributed by atoms with van der Waals surface area (Å²) in [6, 6.07) is -0.140. The van der Waals surface area contributed by atoms with Crippen LogP contribution in [-0.2, 0) is 14.8 Å². The summed E-state index contributed by atoms with van der Waals surface area (Å²) in [5.41, 5.74) is 0. The van der Waals surface area contributed by atoms with E-state index in [1.165, 1.54) is 0 Å². The minimum absolute atomic E-state index is 0.140. The van der Waals surface area contributed by atoms with Gasteiger partial charge in [-0.1, -0.05) is 13.8 Å². The van der Waals surface area contributed by atoms with Crippen molar-refractivity contribution >= 4 is 10.0 Å². The van der Waals surface area contributed by atoms with Gasteiger partial charge >= 0.3 is 0 Å². The second kappa shape index (κ2) is 8.00. The number of ether oxygens (including phenoxy) is 1. The van der Waals surface area contributed by atoms with Gasteiger partial charge in [-0.2, -0.15) is 0 Å². The highest BCUT2D eigenvalue weighted by molar-refractivity contribution is 7.90. The van der Waals surface area contributed by atoms with E-state index < -0.39 is 15.3 Å². The molecular formula is C10H24N2O3S. The fourth-order valence-electron chi connectivity index (χ4n) is 1.24. The molecule has 0 aromatic carbocycles. The molecule has 0 aromatic heterocycles. The van der Waals surface area contributed by atoms with E-state index in [4.69, 9.17) is 4.74 Å². The zero-order valence-electron chi connectivity index (χ0n) is 10.6. The highest BCUT2D eigenvalue weighted by atomic mass is 32.2. The minimum Gasteiger partial charge on any atom is -0.383 e. The van der Waals surface area contributed by atoms with Gasteiger partial charge in [-0.25, -0.2) is 13.1 Å². The Morgan fingerprint density at radius 1 is 1.31 bits per heavy atom. The van der Waals surface area contributed by atoms with Crippen LogP contribution in [0, 0.1) is 0 Å². The van der Waals surface area contributed by atoms with Crippen LogP contribution >= 0.6 is 0 Å². The molecule has 0 heterocycles. The van der Waals surface area contributed by atoms with E-state index in [2.05, 4.69) is 10.0 Å². The summed E-state index contributed by atoms with van der Waals surface area (Å²) in [7, 11) is -1.69. The van der Waals surface area contributed by atoms with Crippen LogP contribution in [0.15, 0.2) is 0 Å². The third-order valence-corrected chi connectivity index (χ3v) is 4.29. The molecule has 0 bridgehead atoms. The Bertz CT molecular complexity index is 267. The van der Waals surface area contributed by atoms with Crippen LogP contribution in [0.2, 0.25) is 0 Å². The quantitative estimate of drug-likeness (QED) is 0.620. The molecule has 0 aliphatic rings. The molecule has 16 heavy (non-hydrogen) atoms. The summed E-state index contributed by atoms with van der Waals surface area (Å²) >= 11 is 0. The highest BCUT2D eigenvalue weighted by Gasteiger charge is 2.23. The Labute approximate surface area is 99.0 Å². The van der Waals surface area contributed by atoms with Gasteiger partial charge in [-0.15, -0.1) is 0 Å². The fraction of sp³-hybridized carbons (Fsp3) is 1.00. The van der Waals surface area contributed by atoms with Crippen molar-refractivity contribution in [3.63, 3.8) is 0 Å². The lowest BCUT2D eigenvalue weighted by Crippen LogP contribution is -2.45. The van der Waals surface area contributed by atoms with Crippen LogP contribution in [0.4, 0.5) is 0 Å². The van der Waals surface area contributed by atoms with Gasteiger partial charge in [0.1, 0.15) is 0 Å². The van der Waals surface area contributed by atoms with Gasteiger partial charge in [-0.3, -0.25) is 0 Å². The molecule has 0 rings (SSSR count). The molecule has 6 heteroatoms. The van der Waals surface area contributed by atoms with Crippen LogP contribution in [0.5, 0.6) is 0 Å². The average Bonchev–Trinajstić information content (AvgIpc) is 2.24.